The molecule has 1 saturated heterocycles. The van der Waals surface area contributed by atoms with E-state index in [0.717, 1.165) is 31.6 Å². The number of ether oxygens (including phenoxy) is 1. The quantitative estimate of drug-likeness (QED) is 0.462. The van der Waals surface area contributed by atoms with Crippen molar-refractivity contribution in [1.82, 2.24) is 24.9 Å². The maximum absolute atomic E-state index is 12.8. The Hall–Kier alpha value is -3.24. The molecule has 2 aliphatic rings. The average molecular weight is 438 g/mol. The first-order valence-corrected chi connectivity index (χ1v) is 11.0. The standard InChI is InChI=1S/C22H27N7O3/c1-23-20-10-19(27-18-6-2-5-15(25-18)13-4-3-9-32-12-13)28-21-14(11-24-29(20)21)22(31)26-16-7-8-17(16)30/h2,5-6,10-11,13,16-17,23,30H,3-4,7-9,12H2,1H3,(H,26,31)(H,25,27,28)/t13-,16+,17+/m1/s1. The van der Waals surface area contributed by atoms with Gasteiger partial charge in [0.05, 0.1) is 24.9 Å². The summed E-state index contributed by atoms with van der Waals surface area (Å²) in [5, 5.41) is 23.3. The van der Waals surface area contributed by atoms with Gasteiger partial charge >= 0.3 is 0 Å². The van der Waals surface area contributed by atoms with Crippen LogP contribution in [0.1, 0.15) is 47.7 Å². The van der Waals surface area contributed by atoms with Crippen molar-refractivity contribution in [2.75, 3.05) is 30.9 Å². The van der Waals surface area contributed by atoms with E-state index in [1.807, 2.05) is 24.3 Å². The highest BCUT2D eigenvalue weighted by Crippen LogP contribution is 2.27. The molecule has 5 rings (SSSR count). The molecule has 10 nitrogen and oxygen atoms in total. The number of amides is 1. The van der Waals surface area contributed by atoms with Gasteiger partial charge in [-0.05, 0) is 37.8 Å². The number of nitrogens with zero attached hydrogens (tertiary/aromatic N) is 4. The number of hydrogen-bond donors (Lipinski definition) is 4. The first kappa shape index (κ1) is 20.7. The van der Waals surface area contributed by atoms with E-state index < -0.39 is 6.10 Å². The molecule has 10 heteroatoms. The Labute approximate surface area is 185 Å². The second-order valence-electron chi connectivity index (χ2n) is 8.28. The lowest BCUT2D eigenvalue weighted by Gasteiger charge is -2.32. The summed E-state index contributed by atoms with van der Waals surface area (Å²) in [4.78, 5) is 22.2. The number of aliphatic hydroxyl groups is 1. The number of carbonyl (C=O) groups excluding carboxylic acids is 1. The van der Waals surface area contributed by atoms with Crippen LogP contribution in [0.3, 0.4) is 0 Å². The molecule has 2 fully saturated rings. The Morgan fingerprint density at radius 3 is 2.84 bits per heavy atom. The topological polar surface area (TPSA) is 126 Å². The summed E-state index contributed by atoms with van der Waals surface area (Å²) in [5.41, 5.74) is 1.76. The molecule has 3 aromatic heterocycles. The SMILES string of the molecule is CNc1cc(Nc2cccc([C@@H]3CCCOC3)n2)nc2c(C(=O)N[C@H]3CC[C@@H]3O)cnn12. The maximum Gasteiger partial charge on any atom is 0.257 e. The van der Waals surface area contributed by atoms with E-state index in [2.05, 4.69) is 26.0 Å². The van der Waals surface area contributed by atoms with Crippen molar-refractivity contribution < 1.29 is 14.6 Å². The zero-order valence-electron chi connectivity index (χ0n) is 17.9. The molecule has 3 aromatic rings. The van der Waals surface area contributed by atoms with Crippen LogP contribution < -0.4 is 16.0 Å². The van der Waals surface area contributed by atoms with Crippen LogP contribution in [0.2, 0.25) is 0 Å². The van der Waals surface area contributed by atoms with Gasteiger partial charge in [-0.25, -0.2) is 9.97 Å². The number of hydrogen-bond acceptors (Lipinski definition) is 8. The lowest BCUT2D eigenvalue weighted by atomic mass is 9.89. The molecular weight excluding hydrogens is 410 g/mol. The number of aliphatic hydroxyl groups excluding tert-OH is 1. The Bertz CT molecular complexity index is 1130. The average Bonchev–Trinajstić information content (AvgIpc) is 3.26. The lowest BCUT2D eigenvalue weighted by Crippen LogP contribution is -2.50. The molecule has 3 atom stereocenters. The zero-order chi connectivity index (χ0) is 22.1. The van der Waals surface area contributed by atoms with Crippen LogP contribution in [-0.4, -0.2) is 63.0 Å². The number of aromatic nitrogens is 4. The lowest BCUT2D eigenvalue weighted by molar-refractivity contribution is 0.0448. The van der Waals surface area contributed by atoms with Crippen LogP contribution in [0.25, 0.3) is 5.65 Å². The van der Waals surface area contributed by atoms with E-state index in [0.29, 0.717) is 47.6 Å². The molecule has 1 amide bonds. The van der Waals surface area contributed by atoms with Crippen molar-refractivity contribution in [3.63, 3.8) is 0 Å². The second-order valence-corrected chi connectivity index (χ2v) is 8.28. The van der Waals surface area contributed by atoms with Crippen LogP contribution in [0.4, 0.5) is 17.5 Å². The third-order valence-corrected chi connectivity index (χ3v) is 6.13. The molecule has 0 bridgehead atoms. The fourth-order valence-corrected chi connectivity index (χ4v) is 4.12. The molecule has 1 aliphatic carbocycles. The van der Waals surface area contributed by atoms with Gasteiger partial charge < -0.3 is 25.8 Å². The monoisotopic (exact) mass is 437 g/mol. The Kier molecular flexibility index (Phi) is 5.62. The summed E-state index contributed by atoms with van der Waals surface area (Å²) in [7, 11) is 1.78. The number of nitrogens with one attached hydrogen (secondary N) is 3. The summed E-state index contributed by atoms with van der Waals surface area (Å²) in [6.07, 6.45) is 4.57. The van der Waals surface area contributed by atoms with Crippen molar-refractivity contribution in [2.45, 2.75) is 43.7 Å². The van der Waals surface area contributed by atoms with Crippen LogP contribution >= 0.6 is 0 Å². The van der Waals surface area contributed by atoms with Crippen LogP contribution in [0, 0.1) is 0 Å². The predicted octanol–water partition coefficient (Wildman–Crippen LogP) is 2.06. The summed E-state index contributed by atoms with van der Waals surface area (Å²) < 4.78 is 7.19. The molecule has 0 unspecified atom stereocenters. The van der Waals surface area contributed by atoms with Gasteiger partial charge in [-0.1, -0.05) is 6.07 Å². The number of carbonyl (C=O) groups is 1. The Morgan fingerprint density at radius 1 is 1.22 bits per heavy atom. The van der Waals surface area contributed by atoms with Gasteiger partial charge in [0.1, 0.15) is 23.0 Å². The van der Waals surface area contributed by atoms with Crippen molar-refractivity contribution in [3.8, 4) is 0 Å². The molecule has 0 spiro atoms. The Morgan fingerprint density at radius 2 is 2.12 bits per heavy atom. The summed E-state index contributed by atoms with van der Waals surface area (Å²) in [5.74, 6) is 1.89. The largest absolute Gasteiger partial charge is 0.391 e. The number of pyridine rings is 1. The minimum Gasteiger partial charge on any atom is -0.391 e. The molecule has 0 aromatic carbocycles. The molecule has 1 saturated carbocycles. The third-order valence-electron chi connectivity index (χ3n) is 6.13. The van der Waals surface area contributed by atoms with E-state index in [1.165, 1.54) is 6.20 Å². The smallest absolute Gasteiger partial charge is 0.257 e. The highest BCUT2D eigenvalue weighted by atomic mass is 16.5. The van der Waals surface area contributed by atoms with Gasteiger partial charge in [0.15, 0.2) is 5.65 Å². The van der Waals surface area contributed by atoms with Crippen molar-refractivity contribution in [3.05, 3.63) is 41.7 Å². The maximum atomic E-state index is 12.8. The van der Waals surface area contributed by atoms with Crippen LogP contribution in [0.5, 0.6) is 0 Å². The summed E-state index contributed by atoms with van der Waals surface area (Å²) in [6, 6.07) is 7.47. The number of anilines is 3. The minimum atomic E-state index is -0.494. The molecule has 4 N–H and O–H groups in total. The van der Waals surface area contributed by atoms with Gasteiger partial charge in [0.25, 0.3) is 5.91 Å². The van der Waals surface area contributed by atoms with Gasteiger partial charge in [-0.2, -0.15) is 9.61 Å². The van der Waals surface area contributed by atoms with Gasteiger partial charge in [-0.3, -0.25) is 4.79 Å². The van der Waals surface area contributed by atoms with Gasteiger partial charge in [0, 0.05) is 31.3 Å². The van der Waals surface area contributed by atoms with E-state index in [1.54, 1.807) is 11.6 Å². The van der Waals surface area contributed by atoms with Crippen LogP contribution in [-0.2, 0) is 4.74 Å². The molecule has 0 radical (unpaired) electrons. The van der Waals surface area contributed by atoms with Crippen molar-refractivity contribution in [2.24, 2.45) is 0 Å². The van der Waals surface area contributed by atoms with E-state index in [9.17, 15) is 9.90 Å². The van der Waals surface area contributed by atoms with Gasteiger partial charge in [0.2, 0.25) is 0 Å². The van der Waals surface area contributed by atoms with E-state index >= 15 is 0 Å². The summed E-state index contributed by atoms with van der Waals surface area (Å²) in [6.45, 7) is 1.50. The van der Waals surface area contributed by atoms with Crippen molar-refractivity contribution >= 4 is 29.0 Å². The van der Waals surface area contributed by atoms with Crippen LogP contribution in [0.15, 0.2) is 30.5 Å². The van der Waals surface area contributed by atoms with E-state index in [4.69, 9.17) is 9.72 Å². The normalized spacial score (nSPS) is 22.9. The Balaban J connectivity index is 1.42. The fourth-order valence-electron chi connectivity index (χ4n) is 4.12. The first-order valence-electron chi connectivity index (χ1n) is 11.0. The molecule has 168 valence electrons. The molecule has 1 aliphatic heterocycles. The number of rotatable bonds is 6. The number of fused-ring (bicyclic) bond motifs is 1. The molecular formula is C22H27N7O3. The van der Waals surface area contributed by atoms with Gasteiger partial charge in [-0.15, -0.1) is 0 Å². The predicted molar refractivity (Wildman–Crippen MR) is 119 cm³/mol. The zero-order valence-corrected chi connectivity index (χ0v) is 17.9. The molecule has 32 heavy (non-hydrogen) atoms. The van der Waals surface area contributed by atoms with Crippen molar-refractivity contribution in [1.29, 1.82) is 0 Å². The highest BCUT2D eigenvalue weighted by molar-refractivity contribution is 6.00. The molecule has 4 heterocycles. The fraction of sp³-hybridized carbons (Fsp3) is 0.455. The summed E-state index contributed by atoms with van der Waals surface area (Å²) >= 11 is 0. The first-order chi connectivity index (χ1) is 15.6. The third kappa shape index (κ3) is 3.98. The second kappa shape index (κ2) is 8.71. The van der Waals surface area contributed by atoms with E-state index in [-0.39, 0.29) is 11.9 Å². The minimum absolute atomic E-state index is 0.224. The highest BCUT2D eigenvalue weighted by Gasteiger charge is 2.31.